The van der Waals surface area contributed by atoms with Crippen LogP contribution < -0.4 is 0 Å². The zero-order valence-electron chi connectivity index (χ0n) is 31.6. The largest absolute Gasteiger partial charge is 0.465 e. The molecule has 4 aliphatic rings. The van der Waals surface area contributed by atoms with E-state index in [1.54, 1.807) is 0 Å². The number of rotatable bonds is 9. The summed E-state index contributed by atoms with van der Waals surface area (Å²) in [6.07, 6.45) is 11.0. The molecular weight excluding hydrogens is 592 g/mol. The number of carbonyl (C=O) groups is 1. The highest BCUT2D eigenvalue weighted by atomic mass is 17.1. The zero-order valence-corrected chi connectivity index (χ0v) is 31.6. The number of carbonyl (C=O) groups excluding carboxylic acids is 1. The Morgan fingerprint density at radius 2 is 1.29 bits per heavy atom. The van der Waals surface area contributed by atoms with Crippen molar-refractivity contribution in [2.24, 2.45) is 28.6 Å². The molecule has 0 radical (unpaired) electrons. The Morgan fingerprint density at radius 3 is 1.83 bits per heavy atom. The van der Waals surface area contributed by atoms with Gasteiger partial charge in [0.25, 0.3) is 0 Å². The lowest BCUT2D eigenvalue weighted by Gasteiger charge is -2.57. The maximum absolute atomic E-state index is 14.1. The van der Waals surface area contributed by atoms with Crippen molar-refractivity contribution < 1.29 is 19.7 Å². The fourth-order valence-electron chi connectivity index (χ4n) is 11.7. The van der Waals surface area contributed by atoms with Crippen molar-refractivity contribution in [1.29, 1.82) is 0 Å². The predicted octanol–water partition coefficient (Wildman–Crippen LogP) is 11.1. The van der Waals surface area contributed by atoms with Crippen molar-refractivity contribution in [1.82, 2.24) is 0 Å². The van der Waals surface area contributed by atoms with Crippen LogP contribution in [-0.4, -0.2) is 23.9 Å². The van der Waals surface area contributed by atoms with Crippen molar-refractivity contribution >= 4 is 5.97 Å². The van der Waals surface area contributed by atoms with E-state index in [9.17, 15) is 10.1 Å². The summed E-state index contributed by atoms with van der Waals surface area (Å²) in [5, 5.41) is 10.5. The van der Waals surface area contributed by atoms with E-state index in [1.165, 1.54) is 39.8 Å². The molecule has 0 aromatic heterocycles. The lowest BCUT2D eigenvalue weighted by molar-refractivity contribution is -0.318. The first kappa shape index (κ1) is 35.6. The second kappa shape index (κ2) is 13.2. The smallest absolute Gasteiger partial charge is 0.312 e. The molecule has 6 rings (SSSR count). The minimum atomic E-state index is -0.490. The third-order valence-electron chi connectivity index (χ3n) is 14.6. The molecule has 0 amide bonds. The van der Waals surface area contributed by atoms with E-state index in [1.807, 2.05) is 0 Å². The second-order valence-corrected chi connectivity index (χ2v) is 18.3. The lowest BCUT2D eigenvalue weighted by atomic mass is 9.48. The summed E-state index contributed by atoms with van der Waals surface area (Å²) in [6.45, 7) is 21.0. The van der Waals surface area contributed by atoms with Gasteiger partial charge in [0.15, 0.2) is 0 Å². The van der Waals surface area contributed by atoms with Crippen LogP contribution in [0, 0.1) is 28.6 Å². The summed E-state index contributed by atoms with van der Waals surface area (Å²) < 4.78 is 6.27. The topological polar surface area (TPSA) is 55.8 Å². The first-order chi connectivity index (χ1) is 22.7. The van der Waals surface area contributed by atoms with Crippen LogP contribution in [0.4, 0.5) is 0 Å². The Bertz CT molecular complexity index is 1490. The molecule has 0 saturated heterocycles. The van der Waals surface area contributed by atoms with Gasteiger partial charge >= 0.3 is 5.97 Å². The van der Waals surface area contributed by atoms with Crippen LogP contribution in [0.3, 0.4) is 0 Å². The monoisotopic (exact) mass is 656 g/mol. The lowest BCUT2D eigenvalue weighted by Crippen LogP contribution is -2.54. The molecule has 2 aromatic carbocycles. The molecule has 2 fully saturated rings. The van der Waals surface area contributed by atoms with Crippen molar-refractivity contribution in [2.75, 3.05) is 6.61 Å². The van der Waals surface area contributed by atoms with E-state index >= 15 is 0 Å². The minimum absolute atomic E-state index is 0.00620. The zero-order chi connectivity index (χ0) is 34.6. The van der Waals surface area contributed by atoms with Gasteiger partial charge in [-0.05, 0) is 139 Å². The number of aryl methyl sites for hydroxylation is 2. The Kier molecular flexibility index (Phi) is 9.79. The fourth-order valence-corrected chi connectivity index (χ4v) is 11.7. The molecule has 4 nitrogen and oxygen atoms in total. The maximum Gasteiger partial charge on any atom is 0.312 e. The van der Waals surface area contributed by atoms with Gasteiger partial charge in [-0.2, -0.15) is 0 Å². The van der Waals surface area contributed by atoms with E-state index in [4.69, 9.17) is 9.62 Å². The number of hydrogen-bond donors (Lipinski definition) is 1. The van der Waals surface area contributed by atoms with Gasteiger partial charge in [-0.3, -0.25) is 10.1 Å². The Hall–Kier alpha value is -2.17. The van der Waals surface area contributed by atoms with Crippen LogP contribution in [-0.2, 0) is 38.1 Å². The first-order valence-corrected chi connectivity index (χ1v) is 19.4. The minimum Gasteiger partial charge on any atom is -0.465 e. The van der Waals surface area contributed by atoms with Gasteiger partial charge < -0.3 is 4.74 Å². The van der Waals surface area contributed by atoms with Gasteiger partial charge in [0, 0.05) is 5.41 Å². The van der Waals surface area contributed by atoms with Crippen molar-refractivity contribution in [3.05, 3.63) is 69.8 Å². The second-order valence-electron chi connectivity index (χ2n) is 18.3. The average Bonchev–Trinajstić information content (AvgIpc) is 3.05. The summed E-state index contributed by atoms with van der Waals surface area (Å²) in [4.78, 5) is 19.5. The Morgan fingerprint density at radius 1 is 0.771 bits per heavy atom. The number of benzene rings is 2. The van der Waals surface area contributed by atoms with Gasteiger partial charge in [0.2, 0.25) is 0 Å². The number of ether oxygens (including phenoxy) is 1. The SMILES string of the molecule is CC(COC(=O)C1(C)CCCC2(C)c3ccc(C(C)C)cc3CCC12)CC(OO)C1(C)CCCC2(C)c3ccc(C(C)C)cc3CCC21. The summed E-state index contributed by atoms with van der Waals surface area (Å²) in [5.74, 6) is 1.80. The Labute approximate surface area is 291 Å². The molecule has 4 aliphatic carbocycles. The molecule has 2 aromatic rings. The average molecular weight is 657 g/mol. The van der Waals surface area contributed by atoms with Crippen LogP contribution in [0.2, 0.25) is 0 Å². The third kappa shape index (κ3) is 5.89. The summed E-state index contributed by atoms with van der Waals surface area (Å²) in [6, 6.07) is 14.3. The van der Waals surface area contributed by atoms with Gasteiger partial charge in [0.1, 0.15) is 0 Å². The normalized spacial score (nSPS) is 34.1. The van der Waals surface area contributed by atoms with Crippen LogP contribution in [0.1, 0.15) is 165 Å². The molecule has 4 heteroatoms. The third-order valence-corrected chi connectivity index (χ3v) is 14.6. The van der Waals surface area contributed by atoms with Gasteiger partial charge in [0.05, 0.1) is 18.1 Å². The summed E-state index contributed by atoms with van der Waals surface area (Å²) in [7, 11) is 0. The number of esters is 1. The van der Waals surface area contributed by atoms with Gasteiger partial charge in [-0.15, -0.1) is 0 Å². The van der Waals surface area contributed by atoms with Crippen LogP contribution >= 0.6 is 0 Å². The molecule has 48 heavy (non-hydrogen) atoms. The van der Waals surface area contributed by atoms with Crippen molar-refractivity contribution in [3.8, 4) is 0 Å². The van der Waals surface area contributed by atoms with E-state index in [0.29, 0.717) is 30.8 Å². The van der Waals surface area contributed by atoms with Crippen LogP contribution in [0.15, 0.2) is 36.4 Å². The molecule has 8 atom stereocenters. The van der Waals surface area contributed by atoms with E-state index in [2.05, 4.69) is 98.7 Å². The van der Waals surface area contributed by atoms with E-state index in [0.717, 1.165) is 57.8 Å². The highest BCUT2D eigenvalue weighted by Gasteiger charge is 2.57. The van der Waals surface area contributed by atoms with Crippen molar-refractivity contribution in [2.45, 2.75) is 162 Å². The van der Waals surface area contributed by atoms with E-state index in [-0.39, 0.29) is 40.2 Å². The molecule has 1 N–H and O–H groups in total. The van der Waals surface area contributed by atoms with Gasteiger partial charge in [-0.25, -0.2) is 4.89 Å². The molecule has 0 spiro atoms. The quantitative estimate of drug-likeness (QED) is 0.166. The molecule has 2 saturated carbocycles. The van der Waals surface area contributed by atoms with E-state index < -0.39 is 5.41 Å². The van der Waals surface area contributed by atoms with Crippen LogP contribution in [0.25, 0.3) is 0 Å². The fraction of sp³-hybridized carbons (Fsp3) is 0.705. The molecule has 264 valence electrons. The molecule has 0 aliphatic heterocycles. The van der Waals surface area contributed by atoms with Crippen molar-refractivity contribution in [3.63, 3.8) is 0 Å². The highest BCUT2D eigenvalue weighted by molar-refractivity contribution is 5.77. The van der Waals surface area contributed by atoms with Crippen LogP contribution in [0.5, 0.6) is 0 Å². The Balaban J connectivity index is 1.14. The molecule has 0 heterocycles. The summed E-state index contributed by atoms with van der Waals surface area (Å²) in [5.41, 5.74) is 8.21. The first-order valence-electron chi connectivity index (χ1n) is 19.4. The number of hydrogen-bond acceptors (Lipinski definition) is 4. The molecular formula is C44H64O4. The van der Waals surface area contributed by atoms with Gasteiger partial charge in [-0.1, -0.05) is 105 Å². The maximum atomic E-state index is 14.1. The predicted molar refractivity (Wildman–Crippen MR) is 196 cm³/mol. The summed E-state index contributed by atoms with van der Waals surface area (Å²) >= 11 is 0. The number of fused-ring (bicyclic) bond motifs is 6. The standard InChI is InChI=1S/C44H64O4/c1-28(2)31-12-16-35-33(25-31)14-18-37-41(35,6)20-10-22-43(37,8)39(48-46)24-30(5)27-47-40(45)44(9)23-11-21-42(7)36-17-13-32(29(3)4)26-34(36)15-19-38(42)44/h12-13,16-17,25-26,28-30,37-39,46H,10-11,14-15,18-24,27H2,1-9H3. The molecule has 8 unspecified atom stereocenters. The molecule has 0 bridgehead atoms. The highest BCUT2D eigenvalue weighted by Crippen LogP contribution is 2.60.